The number of nitrogens with one attached hydrogen (secondary N) is 3. The first-order valence-corrected chi connectivity index (χ1v) is 14.2. The van der Waals surface area contributed by atoms with E-state index in [0.29, 0.717) is 38.8 Å². The summed E-state index contributed by atoms with van der Waals surface area (Å²) in [7, 11) is 0. The minimum absolute atomic E-state index is 0.0591. The second-order valence-electron chi connectivity index (χ2n) is 11.4. The maximum atomic E-state index is 13.1. The number of carbonyl (C=O) groups is 3. The van der Waals surface area contributed by atoms with E-state index in [9.17, 15) is 19.5 Å². The molecular formula is C31H41N3O6. The fourth-order valence-corrected chi connectivity index (χ4v) is 5.08. The molecule has 1 aliphatic carbocycles. The molecule has 2 aliphatic rings. The third kappa shape index (κ3) is 8.71. The lowest BCUT2D eigenvalue weighted by Gasteiger charge is -2.25. The van der Waals surface area contributed by atoms with Crippen LogP contribution in [-0.2, 0) is 27.4 Å². The molecule has 4 N–H and O–H groups in total. The number of hydrogen-bond donors (Lipinski definition) is 4. The molecule has 0 bridgehead atoms. The zero-order valence-corrected chi connectivity index (χ0v) is 23.4. The van der Waals surface area contributed by atoms with Crippen LogP contribution >= 0.6 is 0 Å². The molecule has 1 saturated carbocycles. The zero-order chi connectivity index (χ0) is 28.5. The Hall–Kier alpha value is -3.59. The van der Waals surface area contributed by atoms with Crippen molar-refractivity contribution in [3.63, 3.8) is 0 Å². The molecule has 3 atom stereocenters. The van der Waals surface area contributed by atoms with Crippen molar-refractivity contribution in [3.05, 3.63) is 65.7 Å². The highest BCUT2D eigenvalue weighted by atomic mass is 16.6. The average Bonchev–Trinajstić information content (AvgIpc) is 3.56. The third-order valence-corrected chi connectivity index (χ3v) is 7.40. The Balaban J connectivity index is 1.31. The van der Waals surface area contributed by atoms with Gasteiger partial charge in [-0.2, -0.15) is 0 Å². The van der Waals surface area contributed by atoms with Gasteiger partial charge < -0.3 is 30.5 Å². The monoisotopic (exact) mass is 551 g/mol. The van der Waals surface area contributed by atoms with E-state index in [2.05, 4.69) is 16.0 Å². The van der Waals surface area contributed by atoms with Crippen LogP contribution in [-0.4, -0.2) is 53.9 Å². The van der Waals surface area contributed by atoms with Crippen LogP contribution < -0.4 is 20.7 Å². The lowest BCUT2D eigenvalue weighted by molar-refractivity contribution is -0.126. The Labute approximate surface area is 236 Å². The van der Waals surface area contributed by atoms with Crippen molar-refractivity contribution in [3.8, 4) is 5.75 Å². The van der Waals surface area contributed by atoms with E-state index in [0.717, 1.165) is 29.7 Å². The minimum atomic E-state index is -0.815. The van der Waals surface area contributed by atoms with Crippen LogP contribution in [0, 0.1) is 11.8 Å². The van der Waals surface area contributed by atoms with Crippen molar-refractivity contribution < 1.29 is 29.0 Å². The molecule has 0 radical (unpaired) electrons. The summed E-state index contributed by atoms with van der Waals surface area (Å²) in [6.07, 6.45) is 2.85. The Morgan fingerprint density at radius 1 is 1.07 bits per heavy atom. The topological polar surface area (TPSA) is 126 Å². The van der Waals surface area contributed by atoms with Gasteiger partial charge in [0.1, 0.15) is 24.0 Å². The molecule has 1 aliphatic heterocycles. The zero-order valence-electron chi connectivity index (χ0n) is 23.4. The maximum absolute atomic E-state index is 13.1. The van der Waals surface area contributed by atoms with Gasteiger partial charge in [0.25, 0.3) is 0 Å². The molecule has 2 aromatic rings. The number of alkyl carbamates (subject to hydrolysis) is 1. The van der Waals surface area contributed by atoms with Gasteiger partial charge in [-0.1, -0.05) is 56.3 Å². The lowest BCUT2D eigenvalue weighted by Crippen LogP contribution is -2.52. The Morgan fingerprint density at radius 2 is 1.82 bits per heavy atom. The molecule has 1 heterocycles. The highest BCUT2D eigenvalue weighted by molar-refractivity contribution is 5.86. The predicted molar refractivity (Wildman–Crippen MR) is 150 cm³/mol. The SMILES string of the molecule is CC(C)C[C@H](NC(=O)OC1(Cc2cccc(OCc3ccccc3)c2)CC1)C(=O)N[C@H](CO)C[C@@H]1CCNC1=O. The van der Waals surface area contributed by atoms with Crippen molar-refractivity contribution in [1.82, 2.24) is 16.0 Å². The molecule has 2 aromatic carbocycles. The summed E-state index contributed by atoms with van der Waals surface area (Å²) in [6, 6.07) is 16.4. The highest BCUT2D eigenvalue weighted by Crippen LogP contribution is 2.43. The first-order chi connectivity index (χ1) is 19.2. The molecule has 4 rings (SSSR count). The molecule has 9 heteroatoms. The average molecular weight is 552 g/mol. The van der Waals surface area contributed by atoms with E-state index in [-0.39, 0.29) is 24.3 Å². The van der Waals surface area contributed by atoms with Crippen LogP contribution in [0.5, 0.6) is 5.75 Å². The molecule has 0 unspecified atom stereocenters. The van der Waals surface area contributed by atoms with E-state index in [1.165, 1.54) is 0 Å². The normalized spacial score (nSPS) is 18.9. The molecule has 3 amide bonds. The molecule has 0 aromatic heterocycles. The number of rotatable bonds is 14. The van der Waals surface area contributed by atoms with Crippen LogP contribution in [0.4, 0.5) is 4.79 Å². The van der Waals surface area contributed by atoms with Gasteiger partial charge in [0.15, 0.2) is 0 Å². The quantitative estimate of drug-likeness (QED) is 0.285. The lowest BCUT2D eigenvalue weighted by atomic mass is 9.97. The third-order valence-electron chi connectivity index (χ3n) is 7.40. The van der Waals surface area contributed by atoms with Crippen LogP contribution in [0.25, 0.3) is 0 Å². The Kier molecular flexibility index (Phi) is 10.0. The number of ether oxygens (including phenoxy) is 2. The molecular weight excluding hydrogens is 510 g/mol. The maximum Gasteiger partial charge on any atom is 0.408 e. The molecule has 1 saturated heterocycles. The molecule has 216 valence electrons. The van der Waals surface area contributed by atoms with Gasteiger partial charge in [-0.15, -0.1) is 0 Å². The number of amides is 3. The van der Waals surface area contributed by atoms with Crippen molar-refractivity contribution in [2.75, 3.05) is 13.2 Å². The largest absolute Gasteiger partial charge is 0.489 e. The summed E-state index contributed by atoms with van der Waals surface area (Å²) in [5.41, 5.74) is 1.49. The first-order valence-electron chi connectivity index (χ1n) is 14.2. The molecule has 0 spiro atoms. The van der Waals surface area contributed by atoms with Crippen LogP contribution in [0.3, 0.4) is 0 Å². The van der Waals surface area contributed by atoms with Crippen molar-refractivity contribution in [2.24, 2.45) is 11.8 Å². The van der Waals surface area contributed by atoms with Gasteiger partial charge in [0, 0.05) is 18.9 Å². The smallest absolute Gasteiger partial charge is 0.408 e. The number of aliphatic hydroxyl groups excluding tert-OH is 1. The van der Waals surface area contributed by atoms with Gasteiger partial charge in [-0.05, 0) is 61.3 Å². The van der Waals surface area contributed by atoms with E-state index < -0.39 is 29.7 Å². The molecule has 40 heavy (non-hydrogen) atoms. The first kappa shape index (κ1) is 29.4. The van der Waals surface area contributed by atoms with E-state index in [1.54, 1.807) is 0 Å². The van der Waals surface area contributed by atoms with E-state index in [4.69, 9.17) is 9.47 Å². The highest BCUT2D eigenvalue weighted by Gasteiger charge is 2.47. The van der Waals surface area contributed by atoms with Gasteiger partial charge in [0.2, 0.25) is 11.8 Å². The second-order valence-corrected chi connectivity index (χ2v) is 11.4. The van der Waals surface area contributed by atoms with Gasteiger partial charge in [-0.3, -0.25) is 9.59 Å². The van der Waals surface area contributed by atoms with Gasteiger partial charge in [-0.25, -0.2) is 4.79 Å². The fourth-order valence-electron chi connectivity index (χ4n) is 5.08. The summed E-state index contributed by atoms with van der Waals surface area (Å²) in [5.74, 6) is 0.199. The van der Waals surface area contributed by atoms with Crippen molar-refractivity contribution >= 4 is 17.9 Å². The number of benzene rings is 2. The summed E-state index contributed by atoms with van der Waals surface area (Å²) in [5, 5.41) is 18.2. The minimum Gasteiger partial charge on any atom is -0.489 e. The van der Waals surface area contributed by atoms with Crippen molar-refractivity contribution in [2.45, 2.75) is 76.7 Å². The standard InChI is InChI=1S/C31H41N3O6/c1-21(2)15-27(29(37)33-25(19-35)17-24-11-14-32-28(24)36)34-30(38)40-31(12-13-31)18-23-9-6-10-26(16-23)39-20-22-7-4-3-5-8-22/h3-10,16,21,24-25,27,35H,11-15,17-20H2,1-2H3,(H,32,36)(H,33,37)(H,34,38)/t24-,25-,27-/m0/s1. The fraction of sp³-hybridized carbons (Fsp3) is 0.516. The predicted octanol–water partition coefficient (Wildman–Crippen LogP) is 3.48. The van der Waals surface area contributed by atoms with E-state index in [1.807, 2.05) is 68.4 Å². The summed E-state index contributed by atoms with van der Waals surface area (Å²) < 4.78 is 11.8. The van der Waals surface area contributed by atoms with Crippen LogP contribution in [0.2, 0.25) is 0 Å². The van der Waals surface area contributed by atoms with Crippen molar-refractivity contribution in [1.29, 1.82) is 0 Å². The van der Waals surface area contributed by atoms with Gasteiger partial charge in [0.05, 0.1) is 12.6 Å². The second kappa shape index (κ2) is 13.7. The number of carbonyl (C=O) groups excluding carboxylic acids is 3. The number of hydrogen-bond acceptors (Lipinski definition) is 6. The summed E-state index contributed by atoms with van der Waals surface area (Å²) in [6.45, 7) is 4.72. The van der Waals surface area contributed by atoms with E-state index >= 15 is 0 Å². The molecule has 9 nitrogen and oxygen atoms in total. The Morgan fingerprint density at radius 3 is 2.48 bits per heavy atom. The van der Waals surface area contributed by atoms with Gasteiger partial charge >= 0.3 is 6.09 Å². The van der Waals surface area contributed by atoms with Crippen LogP contribution in [0.15, 0.2) is 54.6 Å². The van der Waals surface area contributed by atoms with Crippen LogP contribution in [0.1, 0.15) is 57.1 Å². The number of aliphatic hydroxyl groups is 1. The summed E-state index contributed by atoms with van der Waals surface area (Å²) >= 11 is 0. The Bertz CT molecular complexity index is 1150. The summed E-state index contributed by atoms with van der Waals surface area (Å²) in [4.78, 5) is 38.0. The molecule has 2 fully saturated rings.